The molecule has 1 unspecified atom stereocenters. The maximum atomic E-state index is 12.8. The first-order chi connectivity index (χ1) is 12.1. The fourth-order valence-corrected chi connectivity index (χ4v) is 3.03. The minimum Gasteiger partial charge on any atom is -0.350 e. The summed E-state index contributed by atoms with van der Waals surface area (Å²) in [5, 5.41) is 7.56. The van der Waals surface area contributed by atoms with Crippen LogP contribution in [0.25, 0.3) is 22.4 Å². The predicted molar refractivity (Wildman–Crippen MR) is 102 cm³/mol. The topological polar surface area (TPSA) is 94.0 Å². The van der Waals surface area contributed by atoms with E-state index in [1.165, 1.54) is 0 Å². The van der Waals surface area contributed by atoms with Crippen molar-refractivity contribution in [2.24, 2.45) is 11.7 Å². The number of aryl methyl sites for hydroxylation is 1. The summed E-state index contributed by atoms with van der Waals surface area (Å²) in [4.78, 5) is 17.3. The lowest BCUT2D eigenvalue weighted by Gasteiger charge is -2.12. The number of carbonyl (C=O) groups excluding carboxylic acids is 1. The molecule has 1 fully saturated rings. The van der Waals surface area contributed by atoms with Crippen molar-refractivity contribution < 1.29 is 9.32 Å². The Bertz CT molecular complexity index is 922. The van der Waals surface area contributed by atoms with Crippen LogP contribution in [0, 0.1) is 12.8 Å². The molecule has 3 N–H and O–H groups in total. The molecule has 1 aliphatic rings. The molecule has 1 aliphatic carbocycles. The number of nitrogens with one attached hydrogen (secondary N) is 1. The summed E-state index contributed by atoms with van der Waals surface area (Å²) in [6.07, 6.45) is 2.30. The quantitative estimate of drug-likeness (QED) is 0.717. The Morgan fingerprint density at radius 2 is 2.08 bits per heavy atom. The number of halogens is 1. The molecule has 1 amide bonds. The van der Waals surface area contributed by atoms with Crippen molar-refractivity contribution in [1.29, 1.82) is 0 Å². The molecule has 2 heterocycles. The maximum absolute atomic E-state index is 12.8. The Morgan fingerprint density at radius 3 is 2.77 bits per heavy atom. The van der Waals surface area contributed by atoms with E-state index in [0.717, 1.165) is 18.4 Å². The standard InChI is InChI=1S/C19H20N4O2.ClH/c1-11-17-14(18(24)21-10-15(20)12-7-8-12)9-16(22-19(17)25-23-11)13-5-3-2-4-6-13;/h2-6,9,12,15H,7-8,10,20H2,1H3,(H,21,24);1H. The molecule has 0 saturated heterocycles. The van der Waals surface area contributed by atoms with Crippen molar-refractivity contribution in [2.75, 3.05) is 6.54 Å². The van der Waals surface area contributed by atoms with Gasteiger partial charge in [-0.25, -0.2) is 4.98 Å². The molecule has 6 nitrogen and oxygen atoms in total. The monoisotopic (exact) mass is 372 g/mol. The number of pyridine rings is 1. The number of benzene rings is 1. The molecule has 3 aromatic rings. The molecule has 136 valence electrons. The third-order valence-electron chi connectivity index (χ3n) is 4.66. The highest BCUT2D eigenvalue weighted by atomic mass is 35.5. The smallest absolute Gasteiger partial charge is 0.259 e. The second-order valence-corrected chi connectivity index (χ2v) is 6.58. The van der Waals surface area contributed by atoms with Crippen molar-refractivity contribution in [3.63, 3.8) is 0 Å². The molecule has 1 atom stereocenters. The lowest BCUT2D eigenvalue weighted by atomic mass is 10.0. The van der Waals surface area contributed by atoms with Crippen molar-refractivity contribution in [1.82, 2.24) is 15.5 Å². The van der Waals surface area contributed by atoms with E-state index in [4.69, 9.17) is 10.3 Å². The van der Waals surface area contributed by atoms with Gasteiger partial charge in [-0.05, 0) is 31.7 Å². The van der Waals surface area contributed by atoms with Crippen LogP contribution >= 0.6 is 12.4 Å². The zero-order chi connectivity index (χ0) is 17.4. The van der Waals surface area contributed by atoms with Gasteiger partial charge >= 0.3 is 0 Å². The van der Waals surface area contributed by atoms with Crippen molar-refractivity contribution in [2.45, 2.75) is 25.8 Å². The van der Waals surface area contributed by atoms with E-state index in [9.17, 15) is 4.79 Å². The van der Waals surface area contributed by atoms with E-state index in [1.54, 1.807) is 6.07 Å². The van der Waals surface area contributed by atoms with Crippen molar-refractivity contribution in [3.8, 4) is 11.3 Å². The van der Waals surface area contributed by atoms with Crippen molar-refractivity contribution in [3.05, 3.63) is 47.7 Å². The number of aromatic nitrogens is 2. The van der Waals surface area contributed by atoms with Crippen LogP contribution in [0.3, 0.4) is 0 Å². The van der Waals surface area contributed by atoms with Gasteiger partial charge < -0.3 is 15.6 Å². The SMILES string of the molecule is Cc1noc2nc(-c3ccccc3)cc(C(=O)NCC(N)C3CC3)c12.Cl. The molecule has 1 aromatic carbocycles. The minimum absolute atomic E-state index is 0. The molecule has 1 saturated carbocycles. The number of rotatable bonds is 5. The number of nitrogens with zero attached hydrogens (tertiary/aromatic N) is 2. The molecule has 26 heavy (non-hydrogen) atoms. The largest absolute Gasteiger partial charge is 0.350 e. The third-order valence-corrected chi connectivity index (χ3v) is 4.66. The predicted octanol–water partition coefficient (Wildman–Crippen LogP) is 3.09. The van der Waals surface area contributed by atoms with Crippen LogP contribution in [0.5, 0.6) is 0 Å². The van der Waals surface area contributed by atoms with Gasteiger partial charge in [0.1, 0.15) is 0 Å². The lowest BCUT2D eigenvalue weighted by molar-refractivity contribution is 0.0952. The Morgan fingerprint density at radius 1 is 1.35 bits per heavy atom. The van der Waals surface area contributed by atoms with Gasteiger partial charge in [-0.3, -0.25) is 4.79 Å². The Hall–Kier alpha value is -2.44. The fourth-order valence-electron chi connectivity index (χ4n) is 3.03. The van der Waals surface area contributed by atoms with Gasteiger partial charge in [0.2, 0.25) is 0 Å². The summed E-state index contributed by atoms with van der Waals surface area (Å²) in [6.45, 7) is 2.28. The summed E-state index contributed by atoms with van der Waals surface area (Å²) in [5.74, 6) is 0.363. The molecule has 0 spiro atoms. The second kappa shape index (κ2) is 7.43. The van der Waals surface area contributed by atoms with E-state index in [0.29, 0.717) is 40.5 Å². The van der Waals surface area contributed by atoms with E-state index >= 15 is 0 Å². The normalized spacial score (nSPS) is 14.7. The fraction of sp³-hybridized carbons (Fsp3) is 0.316. The maximum Gasteiger partial charge on any atom is 0.259 e. The van der Waals surface area contributed by atoms with Crippen LogP contribution in [0.15, 0.2) is 40.9 Å². The van der Waals surface area contributed by atoms with Crippen molar-refractivity contribution >= 4 is 29.4 Å². The van der Waals surface area contributed by atoms with Crippen LogP contribution in [-0.2, 0) is 0 Å². The van der Waals surface area contributed by atoms with Gasteiger partial charge in [0, 0.05) is 18.2 Å². The average molecular weight is 373 g/mol. The number of hydrogen-bond acceptors (Lipinski definition) is 5. The highest BCUT2D eigenvalue weighted by Crippen LogP contribution is 2.31. The van der Waals surface area contributed by atoms with Crippen LogP contribution in [0.1, 0.15) is 28.9 Å². The Balaban J connectivity index is 0.00000196. The number of hydrogen-bond donors (Lipinski definition) is 2. The first-order valence-corrected chi connectivity index (χ1v) is 8.49. The summed E-state index contributed by atoms with van der Waals surface area (Å²) in [7, 11) is 0. The first-order valence-electron chi connectivity index (χ1n) is 8.49. The minimum atomic E-state index is -0.174. The summed E-state index contributed by atoms with van der Waals surface area (Å²) in [5.41, 5.74) is 9.23. The van der Waals surface area contributed by atoms with Gasteiger partial charge in [-0.1, -0.05) is 35.5 Å². The molecular weight excluding hydrogens is 352 g/mol. The van der Waals surface area contributed by atoms with Gasteiger partial charge in [-0.2, -0.15) is 0 Å². The summed E-state index contributed by atoms with van der Waals surface area (Å²) < 4.78 is 5.31. The molecule has 0 bridgehead atoms. The molecular formula is C19H21ClN4O2. The highest BCUT2D eigenvalue weighted by molar-refractivity contribution is 6.07. The second-order valence-electron chi connectivity index (χ2n) is 6.58. The van der Waals surface area contributed by atoms with E-state index in [2.05, 4.69) is 15.5 Å². The first kappa shape index (κ1) is 18.4. The van der Waals surface area contributed by atoms with E-state index < -0.39 is 0 Å². The number of fused-ring (bicyclic) bond motifs is 1. The third kappa shape index (κ3) is 3.57. The highest BCUT2D eigenvalue weighted by Gasteiger charge is 2.29. The lowest BCUT2D eigenvalue weighted by Crippen LogP contribution is -2.38. The Labute approximate surface area is 157 Å². The molecule has 0 aliphatic heterocycles. The molecule has 2 aromatic heterocycles. The van der Waals surface area contributed by atoms with E-state index in [-0.39, 0.29) is 24.4 Å². The van der Waals surface area contributed by atoms with Crippen LogP contribution in [0.2, 0.25) is 0 Å². The number of carbonyl (C=O) groups is 1. The Kier molecular flexibility index (Phi) is 5.25. The molecule has 7 heteroatoms. The van der Waals surface area contributed by atoms with Gasteiger partial charge in [0.25, 0.3) is 11.6 Å². The van der Waals surface area contributed by atoms with Gasteiger partial charge in [0.05, 0.1) is 22.3 Å². The molecule has 0 radical (unpaired) electrons. The average Bonchev–Trinajstić information content (AvgIpc) is 3.43. The van der Waals surface area contributed by atoms with Crippen LogP contribution in [0.4, 0.5) is 0 Å². The zero-order valence-corrected chi connectivity index (χ0v) is 15.3. The summed E-state index contributed by atoms with van der Waals surface area (Å²) >= 11 is 0. The number of amides is 1. The number of nitrogens with two attached hydrogens (primary N) is 1. The van der Waals surface area contributed by atoms with Crippen LogP contribution in [-0.4, -0.2) is 28.6 Å². The van der Waals surface area contributed by atoms with Gasteiger partial charge in [0.15, 0.2) is 0 Å². The van der Waals surface area contributed by atoms with Crippen LogP contribution < -0.4 is 11.1 Å². The summed E-state index contributed by atoms with van der Waals surface area (Å²) in [6, 6.07) is 11.5. The van der Waals surface area contributed by atoms with E-state index in [1.807, 2.05) is 37.3 Å². The zero-order valence-electron chi connectivity index (χ0n) is 14.4. The molecule has 4 rings (SSSR count). The van der Waals surface area contributed by atoms with Gasteiger partial charge in [-0.15, -0.1) is 12.4 Å².